The minimum atomic E-state index is 0.610. The van der Waals surface area contributed by atoms with Crippen molar-refractivity contribution >= 4 is 39.6 Å². The van der Waals surface area contributed by atoms with Crippen molar-refractivity contribution in [1.29, 1.82) is 0 Å². The molecule has 0 atom stereocenters. The van der Waals surface area contributed by atoms with Gasteiger partial charge in [-0.15, -0.1) is 0 Å². The first kappa shape index (κ1) is 20.9. The molecule has 3 aromatic rings. The normalized spacial score (nSPS) is 10.6. The van der Waals surface area contributed by atoms with E-state index in [4.69, 9.17) is 17.0 Å². The van der Waals surface area contributed by atoms with Crippen molar-refractivity contribution in [2.75, 3.05) is 37.0 Å². The smallest absolute Gasteiger partial charge is 0.170 e. The quantitative estimate of drug-likeness (QED) is 0.414. The summed E-state index contributed by atoms with van der Waals surface area (Å²) in [7, 11) is 1.65. The Balaban J connectivity index is 1.53. The van der Waals surface area contributed by atoms with E-state index in [0.717, 1.165) is 48.4 Å². The number of nitrogens with one attached hydrogen (secondary N) is 2. The van der Waals surface area contributed by atoms with E-state index in [2.05, 4.69) is 58.6 Å². The van der Waals surface area contributed by atoms with Crippen LogP contribution in [0.25, 0.3) is 10.9 Å². The maximum atomic E-state index is 5.49. The average Bonchev–Trinajstić information content (AvgIpc) is 2.75. The fourth-order valence-corrected chi connectivity index (χ4v) is 3.50. The molecule has 0 amide bonds. The maximum Gasteiger partial charge on any atom is 0.170 e. The highest BCUT2D eigenvalue weighted by atomic mass is 32.1. The first-order valence-electron chi connectivity index (χ1n) is 9.90. The topological polar surface area (TPSA) is 49.4 Å². The summed E-state index contributed by atoms with van der Waals surface area (Å²) in [6.45, 7) is 7.06. The molecule has 5 nitrogen and oxygen atoms in total. The van der Waals surface area contributed by atoms with Gasteiger partial charge < -0.3 is 20.3 Å². The van der Waals surface area contributed by atoms with E-state index in [1.165, 1.54) is 11.3 Å². The van der Waals surface area contributed by atoms with Crippen molar-refractivity contribution in [2.24, 2.45) is 0 Å². The largest absolute Gasteiger partial charge is 0.494 e. The Morgan fingerprint density at radius 2 is 1.93 bits per heavy atom. The van der Waals surface area contributed by atoms with E-state index in [-0.39, 0.29) is 0 Å². The van der Waals surface area contributed by atoms with Gasteiger partial charge in [0.15, 0.2) is 5.11 Å². The Labute approximate surface area is 178 Å². The molecule has 0 saturated carbocycles. The molecule has 0 aliphatic carbocycles. The van der Waals surface area contributed by atoms with Crippen LogP contribution in [-0.4, -0.2) is 36.8 Å². The van der Waals surface area contributed by atoms with Crippen molar-refractivity contribution in [3.8, 4) is 5.75 Å². The average molecular weight is 409 g/mol. The van der Waals surface area contributed by atoms with E-state index in [1.807, 2.05) is 24.3 Å². The van der Waals surface area contributed by atoms with E-state index in [1.54, 1.807) is 13.3 Å². The number of fused-ring (bicyclic) bond motifs is 1. The summed E-state index contributed by atoms with van der Waals surface area (Å²) in [5, 5.41) is 8.18. The van der Waals surface area contributed by atoms with E-state index in [9.17, 15) is 0 Å². The highest BCUT2D eigenvalue weighted by Crippen LogP contribution is 2.29. The molecule has 0 aliphatic heterocycles. The van der Waals surface area contributed by atoms with Crippen molar-refractivity contribution in [1.82, 2.24) is 10.3 Å². The summed E-state index contributed by atoms with van der Waals surface area (Å²) in [4.78, 5) is 6.80. The Hall–Kier alpha value is -2.86. The summed E-state index contributed by atoms with van der Waals surface area (Å²) < 4.78 is 5.40. The fraction of sp³-hybridized carbons (Fsp3) is 0.304. The Morgan fingerprint density at radius 3 is 2.66 bits per heavy atom. The van der Waals surface area contributed by atoms with Gasteiger partial charge in [0.1, 0.15) is 11.3 Å². The number of thiocarbonyl (C=S) groups is 1. The van der Waals surface area contributed by atoms with Crippen LogP contribution in [0.2, 0.25) is 0 Å². The van der Waals surface area contributed by atoms with Crippen LogP contribution in [-0.2, 0) is 0 Å². The Kier molecular flexibility index (Phi) is 7.25. The highest BCUT2D eigenvalue weighted by molar-refractivity contribution is 7.80. The van der Waals surface area contributed by atoms with E-state index >= 15 is 0 Å². The number of hydrogen-bond donors (Lipinski definition) is 2. The standard InChI is InChI=1S/C23H28N4OS/c1-4-27(18-10-8-17(2)9-11-18)16-6-15-25-23(29)26-20-12-13-21(28-3)22-19(20)7-5-14-24-22/h5,7-14H,4,6,15-16H2,1-3H3,(H2,25,26,29). The maximum absolute atomic E-state index is 5.49. The van der Waals surface area contributed by atoms with Crippen LogP contribution < -0.4 is 20.3 Å². The van der Waals surface area contributed by atoms with Gasteiger partial charge in [-0.05, 0) is 68.9 Å². The predicted octanol–water partition coefficient (Wildman–Crippen LogP) is 4.75. The molecule has 29 heavy (non-hydrogen) atoms. The van der Waals surface area contributed by atoms with Crippen molar-refractivity contribution in [2.45, 2.75) is 20.3 Å². The third kappa shape index (κ3) is 5.35. The number of aromatic nitrogens is 1. The lowest BCUT2D eigenvalue weighted by Crippen LogP contribution is -2.32. The molecule has 1 aromatic heterocycles. The molecule has 0 bridgehead atoms. The summed E-state index contributed by atoms with van der Waals surface area (Å²) in [5.41, 5.74) is 4.28. The van der Waals surface area contributed by atoms with Crippen LogP contribution in [0.1, 0.15) is 18.9 Å². The van der Waals surface area contributed by atoms with Crippen LogP contribution >= 0.6 is 12.2 Å². The summed E-state index contributed by atoms with van der Waals surface area (Å²) in [6, 6.07) is 16.5. The molecular weight excluding hydrogens is 380 g/mol. The van der Waals surface area contributed by atoms with Crippen LogP contribution in [0.4, 0.5) is 11.4 Å². The van der Waals surface area contributed by atoms with Gasteiger partial charge in [0.25, 0.3) is 0 Å². The van der Waals surface area contributed by atoms with Gasteiger partial charge in [-0.3, -0.25) is 4.98 Å². The lowest BCUT2D eigenvalue weighted by Gasteiger charge is -2.23. The molecule has 0 aliphatic rings. The van der Waals surface area contributed by atoms with Crippen LogP contribution in [0.3, 0.4) is 0 Å². The minimum Gasteiger partial charge on any atom is -0.494 e. The monoisotopic (exact) mass is 408 g/mol. The molecule has 0 radical (unpaired) electrons. The number of pyridine rings is 1. The second-order valence-corrected chi connectivity index (χ2v) is 7.27. The number of aryl methyl sites for hydroxylation is 1. The molecule has 152 valence electrons. The predicted molar refractivity (Wildman–Crippen MR) is 126 cm³/mol. The third-order valence-electron chi connectivity index (χ3n) is 4.87. The number of methoxy groups -OCH3 is 1. The number of ether oxygens (including phenoxy) is 1. The molecule has 0 unspecified atom stereocenters. The molecule has 2 N–H and O–H groups in total. The second kappa shape index (κ2) is 10.1. The highest BCUT2D eigenvalue weighted by Gasteiger charge is 2.09. The van der Waals surface area contributed by atoms with E-state index in [0.29, 0.717) is 5.11 Å². The summed E-state index contributed by atoms with van der Waals surface area (Å²) in [5.74, 6) is 0.751. The molecule has 0 saturated heterocycles. The zero-order chi connectivity index (χ0) is 20.6. The van der Waals surface area contributed by atoms with Crippen LogP contribution in [0.15, 0.2) is 54.7 Å². The van der Waals surface area contributed by atoms with Gasteiger partial charge in [-0.2, -0.15) is 0 Å². The second-order valence-electron chi connectivity index (χ2n) is 6.86. The number of hydrogen-bond acceptors (Lipinski definition) is 4. The fourth-order valence-electron chi connectivity index (χ4n) is 3.28. The number of benzene rings is 2. The van der Waals surface area contributed by atoms with E-state index < -0.39 is 0 Å². The molecule has 0 spiro atoms. The van der Waals surface area contributed by atoms with Crippen molar-refractivity contribution in [3.63, 3.8) is 0 Å². The summed E-state index contributed by atoms with van der Waals surface area (Å²) >= 11 is 5.49. The first-order chi connectivity index (χ1) is 14.1. The molecule has 0 fully saturated rings. The zero-order valence-corrected chi connectivity index (χ0v) is 18.1. The van der Waals surface area contributed by atoms with Gasteiger partial charge in [-0.25, -0.2) is 0 Å². The van der Waals surface area contributed by atoms with Gasteiger partial charge in [-0.1, -0.05) is 17.7 Å². The van der Waals surface area contributed by atoms with Gasteiger partial charge in [0.05, 0.1) is 7.11 Å². The van der Waals surface area contributed by atoms with Crippen molar-refractivity contribution in [3.05, 3.63) is 60.3 Å². The third-order valence-corrected chi connectivity index (χ3v) is 5.12. The number of rotatable bonds is 8. The molecule has 6 heteroatoms. The molecule has 2 aromatic carbocycles. The van der Waals surface area contributed by atoms with Crippen LogP contribution in [0, 0.1) is 6.92 Å². The molecule has 3 rings (SSSR count). The van der Waals surface area contributed by atoms with Gasteiger partial charge in [0, 0.05) is 42.6 Å². The number of anilines is 2. The Morgan fingerprint density at radius 1 is 1.14 bits per heavy atom. The molecular formula is C23H28N4OS. The van der Waals surface area contributed by atoms with Crippen molar-refractivity contribution < 1.29 is 4.74 Å². The van der Waals surface area contributed by atoms with Gasteiger partial charge >= 0.3 is 0 Å². The van der Waals surface area contributed by atoms with Crippen LogP contribution in [0.5, 0.6) is 5.75 Å². The lowest BCUT2D eigenvalue weighted by atomic mass is 10.1. The Bertz CT molecular complexity index is 959. The SMILES string of the molecule is CCN(CCCNC(=S)Nc1ccc(OC)c2ncccc12)c1ccc(C)cc1. The zero-order valence-electron chi connectivity index (χ0n) is 17.2. The summed E-state index contributed by atoms with van der Waals surface area (Å²) in [6.07, 6.45) is 2.76. The molecule has 1 heterocycles. The first-order valence-corrected chi connectivity index (χ1v) is 10.3. The lowest BCUT2D eigenvalue weighted by molar-refractivity contribution is 0.419. The van der Waals surface area contributed by atoms with Gasteiger partial charge in [0.2, 0.25) is 0 Å². The number of nitrogens with zero attached hydrogens (tertiary/aromatic N) is 2. The minimum absolute atomic E-state index is 0.610.